The van der Waals surface area contributed by atoms with E-state index in [1.54, 1.807) is 54.8 Å². The number of benzene rings is 3. The van der Waals surface area contributed by atoms with Crippen LogP contribution in [0, 0.1) is 10.1 Å². The highest BCUT2D eigenvalue weighted by Gasteiger charge is 2.18. The normalized spacial score (nSPS) is 11.4. The van der Waals surface area contributed by atoms with Crippen LogP contribution in [0.4, 0.5) is 16.5 Å². The first kappa shape index (κ1) is 27.6. The number of carbonyl (C=O) groups excluding carboxylic acids is 2. The van der Waals surface area contributed by atoms with Gasteiger partial charge in [0.15, 0.2) is 16.6 Å². The van der Waals surface area contributed by atoms with Crippen molar-refractivity contribution in [3.05, 3.63) is 87.8 Å². The number of rotatable bonds is 10. The lowest BCUT2D eigenvalue weighted by molar-refractivity contribution is -0.384. The SMILES string of the molecule is COc1ccc(C(=O)Nc2ccc(SC(C)C(=O)Nc3nc(-c4cccc([N+](=O)[O-])c4)cs3)cc2)cc1OC. The first-order chi connectivity index (χ1) is 18.8. The summed E-state index contributed by atoms with van der Waals surface area (Å²) in [6, 6.07) is 18.3. The van der Waals surface area contributed by atoms with Gasteiger partial charge in [0.25, 0.3) is 11.6 Å². The molecule has 4 aromatic rings. The van der Waals surface area contributed by atoms with Crippen LogP contribution >= 0.6 is 23.1 Å². The Bertz CT molecular complexity index is 1510. The van der Waals surface area contributed by atoms with Crippen LogP contribution in [0.15, 0.2) is 77.0 Å². The Morgan fingerprint density at radius 2 is 1.74 bits per heavy atom. The molecule has 10 nitrogen and oxygen atoms in total. The average molecular weight is 565 g/mol. The van der Waals surface area contributed by atoms with Crippen molar-refractivity contribution in [1.82, 2.24) is 4.98 Å². The zero-order valence-corrected chi connectivity index (χ0v) is 22.8. The van der Waals surface area contributed by atoms with Crippen LogP contribution in [-0.2, 0) is 4.79 Å². The lowest BCUT2D eigenvalue weighted by Crippen LogP contribution is -2.22. The number of thioether (sulfide) groups is 1. The Kier molecular flexibility index (Phi) is 8.79. The first-order valence-corrected chi connectivity index (χ1v) is 13.3. The number of anilines is 2. The van der Waals surface area contributed by atoms with E-state index in [0.717, 1.165) is 4.90 Å². The molecule has 1 heterocycles. The van der Waals surface area contributed by atoms with Gasteiger partial charge < -0.3 is 20.1 Å². The topological polar surface area (TPSA) is 133 Å². The van der Waals surface area contributed by atoms with Crippen LogP contribution in [0.1, 0.15) is 17.3 Å². The number of thiazole rings is 1. The summed E-state index contributed by atoms with van der Waals surface area (Å²) in [6.07, 6.45) is 0. The number of aromatic nitrogens is 1. The van der Waals surface area contributed by atoms with E-state index in [1.165, 1.54) is 49.5 Å². The number of hydrogen-bond acceptors (Lipinski definition) is 9. The first-order valence-electron chi connectivity index (χ1n) is 11.6. The zero-order valence-electron chi connectivity index (χ0n) is 21.2. The Morgan fingerprint density at radius 3 is 2.44 bits per heavy atom. The Balaban J connectivity index is 1.33. The Hall–Kier alpha value is -4.42. The molecule has 1 aromatic heterocycles. The number of hydrogen-bond donors (Lipinski definition) is 2. The predicted octanol–water partition coefficient (Wildman–Crippen LogP) is 6.11. The number of nitro groups is 1. The Labute approximate surface area is 232 Å². The van der Waals surface area contributed by atoms with Crippen molar-refractivity contribution in [2.75, 3.05) is 24.9 Å². The number of carbonyl (C=O) groups is 2. The van der Waals surface area contributed by atoms with E-state index in [2.05, 4.69) is 15.6 Å². The summed E-state index contributed by atoms with van der Waals surface area (Å²) in [4.78, 5) is 41.2. The molecule has 0 aliphatic rings. The van der Waals surface area contributed by atoms with Gasteiger partial charge >= 0.3 is 0 Å². The summed E-state index contributed by atoms with van der Waals surface area (Å²) in [6.45, 7) is 1.78. The van der Waals surface area contributed by atoms with E-state index in [-0.39, 0.29) is 17.5 Å². The van der Waals surface area contributed by atoms with Crippen molar-refractivity contribution in [3.8, 4) is 22.8 Å². The van der Waals surface area contributed by atoms with E-state index in [0.29, 0.717) is 39.1 Å². The molecule has 39 heavy (non-hydrogen) atoms. The van der Waals surface area contributed by atoms with Crippen LogP contribution in [-0.4, -0.2) is 41.2 Å². The van der Waals surface area contributed by atoms with Crippen LogP contribution in [0.5, 0.6) is 11.5 Å². The minimum absolute atomic E-state index is 0.0253. The molecule has 0 saturated carbocycles. The largest absolute Gasteiger partial charge is 0.493 e. The van der Waals surface area contributed by atoms with Gasteiger partial charge in [0.1, 0.15) is 0 Å². The van der Waals surface area contributed by atoms with Crippen molar-refractivity contribution in [3.63, 3.8) is 0 Å². The summed E-state index contributed by atoms with van der Waals surface area (Å²) >= 11 is 2.60. The lowest BCUT2D eigenvalue weighted by Gasteiger charge is -2.12. The third-order valence-corrected chi connectivity index (χ3v) is 7.40. The molecule has 0 bridgehead atoms. The van der Waals surface area contributed by atoms with Crippen molar-refractivity contribution < 1.29 is 24.0 Å². The summed E-state index contributed by atoms with van der Waals surface area (Å²) < 4.78 is 10.5. The maximum Gasteiger partial charge on any atom is 0.270 e. The fourth-order valence-electron chi connectivity index (χ4n) is 3.50. The minimum Gasteiger partial charge on any atom is -0.493 e. The van der Waals surface area contributed by atoms with Crippen LogP contribution in [0.25, 0.3) is 11.3 Å². The second kappa shape index (κ2) is 12.4. The molecular weight excluding hydrogens is 540 g/mol. The number of nitrogens with zero attached hydrogens (tertiary/aromatic N) is 2. The van der Waals surface area contributed by atoms with Crippen LogP contribution < -0.4 is 20.1 Å². The number of methoxy groups -OCH3 is 2. The van der Waals surface area contributed by atoms with Gasteiger partial charge in [-0.05, 0) is 49.4 Å². The molecular formula is C27H24N4O6S2. The molecule has 1 atom stereocenters. The fraction of sp³-hybridized carbons (Fsp3) is 0.148. The molecule has 12 heteroatoms. The molecule has 0 aliphatic heterocycles. The molecule has 1 unspecified atom stereocenters. The minimum atomic E-state index is -0.462. The van der Waals surface area contributed by atoms with Gasteiger partial charge in [0.2, 0.25) is 5.91 Å². The third-order valence-electron chi connectivity index (χ3n) is 5.53. The molecule has 2 amide bonds. The smallest absolute Gasteiger partial charge is 0.270 e. The maximum absolute atomic E-state index is 12.7. The van der Waals surface area contributed by atoms with E-state index in [9.17, 15) is 19.7 Å². The monoisotopic (exact) mass is 564 g/mol. The Morgan fingerprint density at radius 1 is 1.00 bits per heavy atom. The standard InChI is InChI=1S/C27H24N4O6S2/c1-16(25(32)30-27-29-22(15-38-27)17-5-4-6-20(13-17)31(34)35)39-21-10-8-19(9-11-21)28-26(33)18-7-12-23(36-2)24(14-18)37-3/h4-16H,1-3H3,(H,28,33)(H,29,30,32). The van der Waals surface area contributed by atoms with Crippen molar-refractivity contribution in [2.45, 2.75) is 17.1 Å². The van der Waals surface area contributed by atoms with Gasteiger partial charge in [-0.1, -0.05) is 12.1 Å². The zero-order chi connectivity index (χ0) is 27.9. The average Bonchev–Trinajstić information content (AvgIpc) is 3.42. The van der Waals surface area contributed by atoms with Gasteiger partial charge in [-0.2, -0.15) is 0 Å². The van der Waals surface area contributed by atoms with Gasteiger partial charge in [-0.25, -0.2) is 4.98 Å². The predicted molar refractivity (Wildman–Crippen MR) is 152 cm³/mol. The third kappa shape index (κ3) is 6.92. The quantitative estimate of drug-likeness (QED) is 0.134. The number of amides is 2. The van der Waals surface area contributed by atoms with Crippen LogP contribution in [0.2, 0.25) is 0 Å². The van der Waals surface area contributed by atoms with Crippen LogP contribution in [0.3, 0.4) is 0 Å². The molecule has 2 N–H and O–H groups in total. The molecule has 0 aliphatic carbocycles. The van der Waals surface area contributed by atoms with E-state index in [4.69, 9.17) is 9.47 Å². The maximum atomic E-state index is 12.7. The van der Waals surface area contributed by atoms with Crippen molar-refractivity contribution in [1.29, 1.82) is 0 Å². The highest BCUT2D eigenvalue weighted by Crippen LogP contribution is 2.30. The van der Waals surface area contributed by atoms with E-state index < -0.39 is 10.2 Å². The van der Waals surface area contributed by atoms with Gasteiger partial charge in [0.05, 0.1) is 30.1 Å². The lowest BCUT2D eigenvalue weighted by atomic mass is 10.1. The molecule has 0 spiro atoms. The molecule has 200 valence electrons. The second-order valence-electron chi connectivity index (χ2n) is 8.14. The number of ether oxygens (including phenoxy) is 2. The van der Waals surface area contributed by atoms with E-state index in [1.807, 2.05) is 12.1 Å². The summed E-state index contributed by atoms with van der Waals surface area (Å²) in [5.74, 6) is 0.469. The van der Waals surface area contributed by atoms with Gasteiger partial charge in [-0.3, -0.25) is 19.7 Å². The summed E-state index contributed by atoms with van der Waals surface area (Å²) in [5.41, 5.74) is 2.15. The van der Waals surface area contributed by atoms with Gasteiger partial charge in [0, 0.05) is 39.2 Å². The van der Waals surface area contributed by atoms with Crippen molar-refractivity contribution >= 4 is 51.4 Å². The second-order valence-corrected chi connectivity index (χ2v) is 10.4. The van der Waals surface area contributed by atoms with Crippen molar-refractivity contribution in [2.24, 2.45) is 0 Å². The molecule has 3 aromatic carbocycles. The molecule has 0 radical (unpaired) electrons. The molecule has 4 rings (SSSR count). The number of non-ortho nitro benzene ring substituents is 1. The summed E-state index contributed by atoms with van der Waals surface area (Å²) in [7, 11) is 3.03. The highest BCUT2D eigenvalue weighted by molar-refractivity contribution is 8.00. The number of nitrogens with one attached hydrogen (secondary N) is 2. The molecule has 0 saturated heterocycles. The molecule has 0 fully saturated rings. The van der Waals surface area contributed by atoms with Gasteiger partial charge in [-0.15, -0.1) is 23.1 Å². The van der Waals surface area contributed by atoms with E-state index >= 15 is 0 Å². The number of nitro benzene ring substituents is 1. The summed E-state index contributed by atoms with van der Waals surface area (Å²) in [5, 5.41) is 18.4. The fourth-order valence-corrected chi connectivity index (χ4v) is 5.09. The highest BCUT2D eigenvalue weighted by atomic mass is 32.2.